The van der Waals surface area contributed by atoms with Crippen LogP contribution in [0.15, 0.2) is 94.2 Å². The van der Waals surface area contributed by atoms with Crippen LogP contribution in [-0.4, -0.2) is 24.7 Å². The Balaban J connectivity index is 1.36. The van der Waals surface area contributed by atoms with Gasteiger partial charge in [0.15, 0.2) is 11.0 Å². The lowest BCUT2D eigenvalue weighted by molar-refractivity contribution is 0.882. The molecule has 37 heavy (non-hydrogen) atoms. The smallest absolute Gasteiger partial charge is 0.260 e. The minimum Gasteiger partial charge on any atom is -0.309 e. The van der Waals surface area contributed by atoms with E-state index in [1.54, 1.807) is 0 Å². The van der Waals surface area contributed by atoms with E-state index in [2.05, 4.69) is 51.8 Å². The molecule has 182 valence electrons. The average molecular weight is 522 g/mol. The lowest BCUT2D eigenvalue weighted by Gasteiger charge is -2.12. The molecule has 3 heterocycles. The maximum absolute atomic E-state index is 13.1. The molecule has 0 spiro atoms. The Hall–Kier alpha value is -4.01. The number of rotatable bonds is 6. The zero-order valence-electron chi connectivity index (χ0n) is 20.3. The molecule has 0 aliphatic heterocycles. The summed E-state index contributed by atoms with van der Waals surface area (Å²) in [5.41, 5.74) is 6.21. The molecule has 8 heteroatoms. The third-order valence-electron chi connectivity index (χ3n) is 6.33. The molecule has 1 N–H and O–H groups in total. The van der Waals surface area contributed by atoms with Crippen LogP contribution < -0.4 is 5.56 Å². The summed E-state index contributed by atoms with van der Waals surface area (Å²) in [6.07, 6.45) is 0. The molecule has 0 aliphatic carbocycles. The Morgan fingerprint density at radius 3 is 2.35 bits per heavy atom. The van der Waals surface area contributed by atoms with Crippen molar-refractivity contribution in [2.45, 2.75) is 24.8 Å². The molecule has 0 saturated carbocycles. The van der Waals surface area contributed by atoms with Crippen LogP contribution >= 0.6 is 23.1 Å². The van der Waals surface area contributed by atoms with Crippen molar-refractivity contribution >= 4 is 33.3 Å². The lowest BCUT2D eigenvalue weighted by Crippen LogP contribution is -2.11. The molecule has 3 aromatic carbocycles. The van der Waals surface area contributed by atoms with Crippen LogP contribution in [0.3, 0.4) is 0 Å². The van der Waals surface area contributed by atoms with Gasteiger partial charge in [-0.1, -0.05) is 78.5 Å². The number of aryl methyl sites for hydroxylation is 2. The van der Waals surface area contributed by atoms with Crippen molar-refractivity contribution in [2.75, 3.05) is 0 Å². The second-order valence-corrected chi connectivity index (χ2v) is 10.6. The number of aromatic amines is 1. The van der Waals surface area contributed by atoms with Gasteiger partial charge in [0.1, 0.15) is 10.7 Å². The highest BCUT2D eigenvalue weighted by Gasteiger charge is 2.18. The molecule has 0 atom stereocenters. The van der Waals surface area contributed by atoms with Crippen molar-refractivity contribution < 1.29 is 0 Å². The van der Waals surface area contributed by atoms with Crippen molar-refractivity contribution in [2.24, 2.45) is 0 Å². The number of hydrogen-bond acceptors (Lipinski definition) is 6. The normalized spacial score (nSPS) is 11.3. The van der Waals surface area contributed by atoms with Gasteiger partial charge in [-0.3, -0.25) is 9.36 Å². The molecule has 0 bridgehead atoms. The summed E-state index contributed by atoms with van der Waals surface area (Å²) in [4.78, 5) is 21.6. The second kappa shape index (κ2) is 9.80. The van der Waals surface area contributed by atoms with Gasteiger partial charge in [0, 0.05) is 16.5 Å². The zero-order valence-corrected chi connectivity index (χ0v) is 21.9. The summed E-state index contributed by atoms with van der Waals surface area (Å²) in [7, 11) is 0. The monoisotopic (exact) mass is 521 g/mol. The third kappa shape index (κ3) is 4.50. The van der Waals surface area contributed by atoms with E-state index in [0.29, 0.717) is 17.0 Å². The van der Waals surface area contributed by atoms with Crippen molar-refractivity contribution in [3.05, 3.63) is 112 Å². The molecule has 0 fully saturated rings. The minimum atomic E-state index is -0.124. The number of aromatic nitrogens is 5. The Bertz CT molecular complexity index is 1770. The van der Waals surface area contributed by atoms with E-state index in [9.17, 15) is 4.79 Å². The molecule has 6 nitrogen and oxygen atoms in total. The fourth-order valence-corrected chi connectivity index (χ4v) is 6.05. The van der Waals surface area contributed by atoms with Gasteiger partial charge in [-0.05, 0) is 42.7 Å². The van der Waals surface area contributed by atoms with E-state index in [0.717, 1.165) is 38.2 Å². The second-order valence-electron chi connectivity index (χ2n) is 8.77. The molecule has 0 saturated heterocycles. The van der Waals surface area contributed by atoms with Gasteiger partial charge in [-0.25, -0.2) is 4.98 Å². The topological polar surface area (TPSA) is 76.5 Å². The van der Waals surface area contributed by atoms with Crippen molar-refractivity contribution in [1.29, 1.82) is 0 Å². The predicted molar refractivity (Wildman–Crippen MR) is 152 cm³/mol. The Labute approximate surface area is 222 Å². The van der Waals surface area contributed by atoms with Crippen LogP contribution in [0.25, 0.3) is 38.4 Å². The molecular formula is C29H23N5OS2. The van der Waals surface area contributed by atoms with Gasteiger partial charge in [0.25, 0.3) is 5.56 Å². The fourth-order valence-electron chi connectivity index (χ4n) is 4.26. The summed E-state index contributed by atoms with van der Waals surface area (Å²) in [6, 6.07) is 26.3. The van der Waals surface area contributed by atoms with Gasteiger partial charge in [-0.15, -0.1) is 21.5 Å². The SMILES string of the molecule is Cc1ccc(-n2c(SCc3nc4scc(-c5ccccc5)c4c(=O)[nH]3)nnc2-c2ccccc2)cc1C. The van der Waals surface area contributed by atoms with Gasteiger partial charge >= 0.3 is 0 Å². The Morgan fingerprint density at radius 1 is 0.892 bits per heavy atom. The third-order valence-corrected chi connectivity index (χ3v) is 8.14. The standard InChI is InChI=1S/C29H23N5OS2/c1-18-13-14-22(15-19(18)2)34-26(21-11-7-4-8-12-21)32-33-29(34)37-17-24-30-27(35)25-23(16-36-28(25)31-24)20-9-5-3-6-10-20/h3-16H,17H2,1-2H3,(H,30,31,35). The number of fused-ring (bicyclic) bond motifs is 1. The number of thioether (sulfide) groups is 1. The number of nitrogens with one attached hydrogen (secondary N) is 1. The predicted octanol–water partition coefficient (Wildman–Crippen LogP) is 6.81. The quantitative estimate of drug-likeness (QED) is 0.244. The molecule has 0 unspecified atom stereocenters. The van der Waals surface area contributed by atoms with Crippen molar-refractivity contribution in [1.82, 2.24) is 24.7 Å². The van der Waals surface area contributed by atoms with E-state index in [1.165, 1.54) is 34.2 Å². The highest BCUT2D eigenvalue weighted by atomic mass is 32.2. The maximum atomic E-state index is 13.1. The van der Waals surface area contributed by atoms with Crippen LogP contribution in [-0.2, 0) is 5.75 Å². The summed E-state index contributed by atoms with van der Waals surface area (Å²) in [5, 5.41) is 12.4. The molecule has 6 aromatic rings. The number of H-pyrrole nitrogens is 1. The van der Waals surface area contributed by atoms with Gasteiger partial charge in [0.05, 0.1) is 16.8 Å². The molecule has 3 aromatic heterocycles. The first-order valence-electron chi connectivity index (χ1n) is 11.9. The largest absolute Gasteiger partial charge is 0.309 e. The highest BCUT2D eigenvalue weighted by molar-refractivity contribution is 7.98. The number of thiophene rings is 1. The van der Waals surface area contributed by atoms with E-state index in [-0.39, 0.29) is 5.56 Å². The fraction of sp³-hybridized carbons (Fsp3) is 0.103. The minimum absolute atomic E-state index is 0.124. The van der Waals surface area contributed by atoms with E-state index < -0.39 is 0 Å². The van der Waals surface area contributed by atoms with E-state index in [1.807, 2.05) is 66.0 Å². The summed E-state index contributed by atoms with van der Waals surface area (Å²) in [5.74, 6) is 1.84. The Morgan fingerprint density at radius 2 is 1.62 bits per heavy atom. The molecular weight excluding hydrogens is 498 g/mol. The van der Waals surface area contributed by atoms with Crippen molar-refractivity contribution in [3.8, 4) is 28.2 Å². The number of benzene rings is 3. The van der Waals surface area contributed by atoms with Crippen LogP contribution in [0.2, 0.25) is 0 Å². The summed E-state index contributed by atoms with van der Waals surface area (Å²) in [6.45, 7) is 4.21. The first kappa shape index (κ1) is 23.4. The zero-order chi connectivity index (χ0) is 25.4. The first-order chi connectivity index (χ1) is 18.1. The van der Waals surface area contributed by atoms with Gasteiger partial charge < -0.3 is 4.98 Å². The highest BCUT2D eigenvalue weighted by Crippen LogP contribution is 2.32. The number of nitrogens with zero attached hydrogens (tertiary/aromatic N) is 4. The maximum Gasteiger partial charge on any atom is 0.260 e. The van der Waals surface area contributed by atoms with E-state index in [4.69, 9.17) is 4.98 Å². The number of hydrogen-bond donors (Lipinski definition) is 1. The molecule has 0 radical (unpaired) electrons. The van der Waals surface area contributed by atoms with E-state index >= 15 is 0 Å². The lowest BCUT2D eigenvalue weighted by atomic mass is 10.1. The summed E-state index contributed by atoms with van der Waals surface area (Å²) >= 11 is 2.99. The van der Waals surface area contributed by atoms with Crippen LogP contribution in [0.4, 0.5) is 0 Å². The first-order valence-corrected chi connectivity index (χ1v) is 13.7. The van der Waals surface area contributed by atoms with Crippen LogP contribution in [0.1, 0.15) is 17.0 Å². The van der Waals surface area contributed by atoms with Crippen LogP contribution in [0.5, 0.6) is 0 Å². The molecule has 0 aliphatic rings. The summed E-state index contributed by atoms with van der Waals surface area (Å²) < 4.78 is 2.07. The molecule has 0 amide bonds. The van der Waals surface area contributed by atoms with Gasteiger partial charge in [0.2, 0.25) is 0 Å². The van der Waals surface area contributed by atoms with Crippen molar-refractivity contribution in [3.63, 3.8) is 0 Å². The van der Waals surface area contributed by atoms with Gasteiger partial charge in [-0.2, -0.15) is 0 Å². The Kier molecular flexibility index (Phi) is 6.20. The average Bonchev–Trinajstić information content (AvgIpc) is 3.55. The van der Waals surface area contributed by atoms with Crippen LogP contribution in [0, 0.1) is 13.8 Å². The molecule has 6 rings (SSSR count).